The van der Waals surface area contributed by atoms with Gasteiger partial charge in [0, 0.05) is 18.1 Å². The summed E-state index contributed by atoms with van der Waals surface area (Å²) in [6.45, 7) is -2.69. The van der Waals surface area contributed by atoms with E-state index >= 15 is 0 Å². The Morgan fingerprint density at radius 1 is 1.19 bits per heavy atom. The summed E-state index contributed by atoms with van der Waals surface area (Å²) in [6.07, 6.45) is 5.89. The normalized spacial score (nSPS) is 13.5. The van der Waals surface area contributed by atoms with Crippen LogP contribution in [0.15, 0.2) is 60.9 Å². The van der Waals surface area contributed by atoms with Gasteiger partial charge < -0.3 is 19.5 Å². The molecule has 2 aromatic heterocycles. The van der Waals surface area contributed by atoms with Crippen LogP contribution in [0.4, 0.5) is 20.3 Å². The highest BCUT2D eigenvalue weighted by molar-refractivity contribution is 5.89. The van der Waals surface area contributed by atoms with Crippen molar-refractivity contribution >= 4 is 17.5 Å². The van der Waals surface area contributed by atoms with Gasteiger partial charge in [-0.1, -0.05) is 12.1 Å². The predicted octanol–water partition coefficient (Wildman–Crippen LogP) is 5.05. The molecular formula is C23H21F2N3O4. The van der Waals surface area contributed by atoms with Crippen LogP contribution >= 0.6 is 0 Å². The van der Waals surface area contributed by atoms with Crippen LogP contribution in [0.3, 0.4) is 0 Å². The molecule has 1 N–H and O–H groups in total. The van der Waals surface area contributed by atoms with Gasteiger partial charge in [0.25, 0.3) is 5.88 Å². The van der Waals surface area contributed by atoms with E-state index in [0.717, 1.165) is 24.8 Å². The molecule has 4 rings (SSSR count). The quantitative estimate of drug-likeness (QED) is 0.498. The number of pyridine rings is 2. The molecule has 1 aliphatic carbocycles. The number of carbonyl (C=O) groups is 1. The lowest BCUT2D eigenvalue weighted by Gasteiger charge is -2.28. The molecule has 1 fully saturated rings. The summed E-state index contributed by atoms with van der Waals surface area (Å²) < 4.78 is 36.2. The zero-order chi connectivity index (χ0) is 22.5. The Hall–Kier alpha value is -3.75. The van der Waals surface area contributed by atoms with E-state index in [1.807, 2.05) is 6.07 Å². The number of carboxylic acid groups (broad SMARTS) is 1. The van der Waals surface area contributed by atoms with Crippen LogP contribution in [-0.4, -0.2) is 33.8 Å². The van der Waals surface area contributed by atoms with Gasteiger partial charge in [-0.15, -0.1) is 0 Å². The molecule has 0 unspecified atom stereocenters. The van der Waals surface area contributed by atoms with Gasteiger partial charge in [-0.3, -0.25) is 4.98 Å². The maximum atomic E-state index is 12.9. The number of carboxylic acids is 1. The predicted molar refractivity (Wildman–Crippen MR) is 113 cm³/mol. The van der Waals surface area contributed by atoms with Crippen molar-refractivity contribution in [2.75, 3.05) is 4.90 Å². The van der Waals surface area contributed by atoms with Crippen molar-refractivity contribution in [3.8, 4) is 11.6 Å². The number of rotatable bonds is 9. The second-order valence-corrected chi connectivity index (χ2v) is 7.32. The smallest absolute Gasteiger partial charge is 0.387 e. The second kappa shape index (κ2) is 9.59. The summed E-state index contributed by atoms with van der Waals surface area (Å²) in [5, 5.41) is 9.40. The maximum absolute atomic E-state index is 12.9. The Bertz CT molecular complexity index is 1080. The van der Waals surface area contributed by atoms with E-state index in [2.05, 4.69) is 14.7 Å². The van der Waals surface area contributed by atoms with Gasteiger partial charge >= 0.3 is 12.6 Å². The molecule has 0 aliphatic heterocycles. The van der Waals surface area contributed by atoms with E-state index in [4.69, 9.17) is 4.74 Å². The Morgan fingerprint density at radius 2 is 2.03 bits per heavy atom. The monoisotopic (exact) mass is 441 g/mol. The van der Waals surface area contributed by atoms with Crippen molar-refractivity contribution in [3.63, 3.8) is 0 Å². The van der Waals surface area contributed by atoms with E-state index in [1.54, 1.807) is 35.5 Å². The number of nitrogens with zero attached hydrogens (tertiary/aromatic N) is 3. The highest BCUT2D eigenvalue weighted by atomic mass is 19.3. The van der Waals surface area contributed by atoms with Gasteiger partial charge in [-0.2, -0.15) is 13.8 Å². The highest BCUT2D eigenvalue weighted by Crippen LogP contribution is 2.36. The molecule has 9 heteroatoms. The first-order valence-electron chi connectivity index (χ1n) is 10.1. The van der Waals surface area contributed by atoms with Gasteiger partial charge in [-0.25, -0.2) is 4.79 Å². The van der Waals surface area contributed by atoms with Crippen LogP contribution in [0, 0.1) is 0 Å². The summed E-state index contributed by atoms with van der Waals surface area (Å²) in [5.41, 5.74) is 1.53. The van der Waals surface area contributed by atoms with Crippen LogP contribution in [0.1, 0.15) is 35.2 Å². The third-order valence-electron chi connectivity index (χ3n) is 5.10. The van der Waals surface area contributed by atoms with Crippen LogP contribution in [0.25, 0.3) is 0 Å². The molecule has 1 aliphatic rings. The van der Waals surface area contributed by atoms with E-state index in [1.165, 1.54) is 24.3 Å². The molecule has 1 aromatic carbocycles. The standard InChI is InChI=1S/C23H21F2N3O4/c24-23(25)32-19-9-10-20(27-21(19)31-18-7-2-8-18)28(14-15-4-3-11-26-13-15)17-6-1-5-16(12-17)22(29)30/h1,3-6,9-13,18,23H,2,7-8,14H2,(H,29,30). The number of alkyl halides is 2. The van der Waals surface area contributed by atoms with Gasteiger partial charge in [0.15, 0.2) is 5.75 Å². The van der Waals surface area contributed by atoms with Gasteiger partial charge in [0.1, 0.15) is 11.9 Å². The number of hydrogen-bond donors (Lipinski definition) is 1. The fraction of sp³-hybridized carbons (Fsp3) is 0.261. The molecule has 0 radical (unpaired) electrons. The Kier molecular flexibility index (Phi) is 6.44. The second-order valence-electron chi connectivity index (χ2n) is 7.32. The lowest BCUT2D eigenvalue weighted by atomic mass is 9.96. The molecule has 0 spiro atoms. The maximum Gasteiger partial charge on any atom is 0.387 e. The topological polar surface area (TPSA) is 84.8 Å². The van der Waals surface area contributed by atoms with Crippen LogP contribution in [0.2, 0.25) is 0 Å². The Balaban J connectivity index is 1.74. The van der Waals surface area contributed by atoms with Gasteiger partial charge in [-0.05, 0) is 61.2 Å². The number of aromatic nitrogens is 2. The molecule has 0 atom stereocenters. The molecule has 0 saturated heterocycles. The van der Waals surface area contributed by atoms with Crippen molar-refractivity contribution in [3.05, 3.63) is 72.1 Å². The minimum atomic E-state index is -3.01. The van der Waals surface area contributed by atoms with Crippen LogP contribution in [-0.2, 0) is 6.54 Å². The third-order valence-corrected chi connectivity index (χ3v) is 5.10. The molecule has 0 bridgehead atoms. The van der Waals surface area contributed by atoms with E-state index < -0.39 is 12.6 Å². The lowest BCUT2D eigenvalue weighted by Crippen LogP contribution is -2.26. The van der Waals surface area contributed by atoms with E-state index in [0.29, 0.717) is 18.1 Å². The van der Waals surface area contributed by atoms with Gasteiger partial charge in [0.05, 0.1) is 12.1 Å². The number of aromatic carboxylic acids is 1. The number of hydrogen-bond acceptors (Lipinski definition) is 6. The molecule has 3 aromatic rings. The van der Waals surface area contributed by atoms with Crippen molar-refractivity contribution < 1.29 is 28.2 Å². The van der Waals surface area contributed by atoms with Crippen molar-refractivity contribution in [2.45, 2.75) is 38.5 Å². The van der Waals surface area contributed by atoms with Crippen LogP contribution in [0.5, 0.6) is 11.6 Å². The van der Waals surface area contributed by atoms with Gasteiger partial charge in [0.2, 0.25) is 0 Å². The Labute approximate surface area is 183 Å². The summed E-state index contributed by atoms with van der Waals surface area (Å²) in [7, 11) is 0. The first kappa shape index (κ1) is 21.5. The zero-order valence-electron chi connectivity index (χ0n) is 17.0. The first-order valence-corrected chi connectivity index (χ1v) is 10.1. The fourth-order valence-corrected chi connectivity index (χ4v) is 3.27. The number of halogens is 2. The summed E-state index contributed by atoms with van der Waals surface area (Å²) in [5.74, 6) is -0.822. The SMILES string of the molecule is O=C(O)c1cccc(N(Cc2cccnc2)c2ccc(OC(F)F)c(OC3CCC3)n2)c1. The molecule has 7 nitrogen and oxygen atoms in total. The minimum Gasteiger partial charge on any atom is -0.478 e. The largest absolute Gasteiger partial charge is 0.478 e. The van der Waals surface area contributed by atoms with E-state index in [9.17, 15) is 18.7 Å². The molecule has 2 heterocycles. The number of benzene rings is 1. The average molecular weight is 441 g/mol. The molecule has 1 saturated carbocycles. The summed E-state index contributed by atoms with van der Waals surface area (Å²) in [6, 6.07) is 13.0. The Morgan fingerprint density at radius 3 is 2.69 bits per heavy atom. The molecular weight excluding hydrogens is 420 g/mol. The summed E-state index contributed by atoms with van der Waals surface area (Å²) >= 11 is 0. The highest BCUT2D eigenvalue weighted by Gasteiger charge is 2.24. The first-order chi connectivity index (χ1) is 15.5. The van der Waals surface area contributed by atoms with Crippen molar-refractivity contribution in [2.24, 2.45) is 0 Å². The van der Waals surface area contributed by atoms with E-state index in [-0.39, 0.29) is 23.3 Å². The molecule has 0 amide bonds. The number of anilines is 2. The van der Waals surface area contributed by atoms with Crippen molar-refractivity contribution in [1.82, 2.24) is 9.97 Å². The lowest BCUT2D eigenvalue weighted by molar-refractivity contribution is -0.0532. The van der Waals surface area contributed by atoms with Crippen molar-refractivity contribution in [1.29, 1.82) is 0 Å². The fourth-order valence-electron chi connectivity index (χ4n) is 3.27. The van der Waals surface area contributed by atoms with Crippen LogP contribution < -0.4 is 14.4 Å². The summed E-state index contributed by atoms with van der Waals surface area (Å²) in [4.78, 5) is 21.8. The minimum absolute atomic E-state index is 0.0157. The molecule has 166 valence electrons. The third kappa shape index (κ3) is 5.11. The molecule has 32 heavy (non-hydrogen) atoms. The zero-order valence-corrected chi connectivity index (χ0v) is 17.0. The average Bonchev–Trinajstić information content (AvgIpc) is 2.76. The number of ether oxygens (including phenoxy) is 2.